The number of nitrogens with zero attached hydrogens (tertiary/aromatic N) is 1. The number of benzene rings is 5. The topological polar surface area (TPSA) is 31.2 Å². The van der Waals surface area contributed by atoms with Crippen molar-refractivity contribution >= 4 is 65.7 Å². The van der Waals surface area contributed by atoms with Crippen LogP contribution in [0.1, 0.15) is 41.2 Å². The highest BCUT2D eigenvalue weighted by atomic mass is 16.3. The molecule has 3 heteroatoms. The highest BCUT2D eigenvalue weighted by molar-refractivity contribution is 6.20. The fraction of sp³-hybridized carbons (Fsp3) is 0.189. The molecule has 3 heterocycles. The Hall–Kier alpha value is -4.50. The summed E-state index contributed by atoms with van der Waals surface area (Å²) < 4.78 is 15.5. The van der Waals surface area contributed by atoms with E-state index in [0.717, 1.165) is 46.1 Å². The van der Waals surface area contributed by atoms with Crippen molar-refractivity contribution in [3.8, 4) is 5.69 Å². The Labute approximate surface area is 232 Å². The quantitative estimate of drug-likeness (QED) is 0.231. The molecule has 3 nitrogen and oxygen atoms in total. The van der Waals surface area contributed by atoms with Gasteiger partial charge in [0, 0.05) is 43.6 Å². The van der Waals surface area contributed by atoms with Crippen molar-refractivity contribution in [2.24, 2.45) is 0 Å². The molecule has 0 unspecified atom stereocenters. The number of rotatable bonds is 3. The summed E-state index contributed by atoms with van der Waals surface area (Å²) in [4.78, 5) is 0. The lowest BCUT2D eigenvalue weighted by Crippen LogP contribution is -1.96. The zero-order chi connectivity index (χ0) is 27.3. The Morgan fingerprint density at radius 2 is 1.15 bits per heavy atom. The van der Waals surface area contributed by atoms with Crippen LogP contribution in [0.15, 0.2) is 81.6 Å². The molecule has 0 N–H and O–H groups in total. The summed E-state index contributed by atoms with van der Waals surface area (Å²) in [5, 5.41) is 7.28. The van der Waals surface area contributed by atoms with Crippen LogP contribution < -0.4 is 0 Å². The highest BCUT2D eigenvalue weighted by Crippen LogP contribution is 2.44. The Balaban J connectivity index is 1.49. The van der Waals surface area contributed by atoms with Gasteiger partial charge in [0.2, 0.25) is 0 Å². The summed E-state index contributed by atoms with van der Waals surface area (Å²) in [6.45, 7) is 11.0. The third-order valence-corrected chi connectivity index (χ3v) is 8.92. The van der Waals surface area contributed by atoms with Crippen molar-refractivity contribution in [1.29, 1.82) is 0 Å². The second-order valence-corrected chi connectivity index (χ2v) is 11.4. The van der Waals surface area contributed by atoms with Gasteiger partial charge in [0.05, 0.1) is 11.0 Å². The first kappa shape index (κ1) is 23.4. The summed E-state index contributed by atoms with van der Waals surface area (Å²) in [7, 11) is 0. The maximum Gasteiger partial charge on any atom is 0.142 e. The minimum atomic E-state index is 0.919. The number of aromatic nitrogens is 1. The van der Waals surface area contributed by atoms with Crippen LogP contribution in [0.4, 0.5) is 0 Å². The Bertz CT molecular complexity index is 2270. The molecule has 196 valence electrons. The van der Waals surface area contributed by atoms with E-state index < -0.39 is 0 Å². The molecule has 0 aliphatic heterocycles. The molecule has 40 heavy (non-hydrogen) atoms. The minimum absolute atomic E-state index is 0.919. The zero-order valence-corrected chi connectivity index (χ0v) is 23.6. The van der Waals surface area contributed by atoms with Crippen molar-refractivity contribution in [2.45, 2.75) is 47.5 Å². The van der Waals surface area contributed by atoms with Gasteiger partial charge in [0.1, 0.15) is 22.3 Å². The summed E-state index contributed by atoms with van der Waals surface area (Å²) >= 11 is 0. The van der Waals surface area contributed by atoms with Crippen LogP contribution in [0.5, 0.6) is 0 Å². The molecular formula is C37H31NO2. The van der Waals surface area contributed by atoms with Crippen LogP contribution in [0, 0.1) is 27.7 Å². The molecule has 8 rings (SSSR count). The first-order chi connectivity index (χ1) is 19.5. The van der Waals surface area contributed by atoms with Crippen LogP contribution >= 0.6 is 0 Å². The molecule has 8 aromatic rings. The van der Waals surface area contributed by atoms with Crippen LogP contribution in [-0.4, -0.2) is 4.57 Å². The smallest absolute Gasteiger partial charge is 0.142 e. The van der Waals surface area contributed by atoms with E-state index in [1.165, 1.54) is 65.9 Å². The monoisotopic (exact) mass is 521 g/mol. The molecule has 0 bridgehead atoms. The molecule has 5 aromatic carbocycles. The molecule has 0 aliphatic carbocycles. The van der Waals surface area contributed by atoms with E-state index in [1.807, 2.05) is 0 Å². The summed E-state index contributed by atoms with van der Waals surface area (Å²) in [5.41, 5.74) is 13.5. The fourth-order valence-corrected chi connectivity index (χ4v) is 6.98. The van der Waals surface area contributed by atoms with Gasteiger partial charge in [0.25, 0.3) is 0 Å². The predicted octanol–water partition coefficient (Wildman–Crippen LogP) is 10.8. The van der Waals surface area contributed by atoms with Crippen LogP contribution in [0.25, 0.3) is 71.4 Å². The summed E-state index contributed by atoms with van der Waals surface area (Å²) in [5.74, 6) is 0. The number of hydrogen-bond donors (Lipinski definition) is 0. The molecule has 0 radical (unpaired) electrons. The molecule has 0 saturated heterocycles. The summed E-state index contributed by atoms with van der Waals surface area (Å²) in [6.07, 6.45) is 2.20. The molecule has 0 amide bonds. The van der Waals surface area contributed by atoms with Gasteiger partial charge >= 0.3 is 0 Å². The molecule has 0 fully saturated rings. The van der Waals surface area contributed by atoms with Gasteiger partial charge in [0.15, 0.2) is 0 Å². The minimum Gasteiger partial charge on any atom is -0.456 e. The third kappa shape index (κ3) is 3.01. The number of furan rings is 2. The van der Waals surface area contributed by atoms with Crippen molar-refractivity contribution in [3.05, 3.63) is 101 Å². The second-order valence-electron chi connectivity index (χ2n) is 11.4. The van der Waals surface area contributed by atoms with Crippen LogP contribution in [-0.2, 0) is 6.42 Å². The standard InChI is InChI=1S/C37H31NO2/c1-6-11-24-18-27-32(16-20(24)2)39-36-23(5)37-35(22(4)34(27)36)28-19-31(21(3)17-33(28)40-37)38-29-14-9-7-12-25(29)26-13-8-10-15-30(26)38/h7-10,12-19H,6,11H2,1-5H3. The van der Waals surface area contributed by atoms with E-state index in [1.54, 1.807) is 0 Å². The molecule has 3 aromatic heterocycles. The van der Waals surface area contributed by atoms with Crippen molar-refractivity contribution < 1.29 is 8.83 Å². The van der Waals surface area contributed by atoms with Gasteiger partial charge in [-0.1, -0.05) is 49.7 Å². The van der Waals surface area contributed by atoms with E-state index in [4.69, 9.17) is 8.83 Å². The van der Waals surface area contributed by atoms with E-state index in [-0.39, 0.29) is 0 Å². The zero-order valence-electron chi connectivity index (χ0n) is 23.6. The average Bonchev–Trinajstić information content (AvgIpc) is 3.61. The van der Waals surface area contributed by atoms with Crippen molar-refractivity contribution in [1.82, 2.24) is 4.57 Å². The first-order valence-electron chi connectivity index (χ1n) is 14.3. The SMILES string of the molecule is CCCc1cc2c(cc1C)oc1c(C)c3oc4cc(C)c(-n5c6ccccc6c6ccccc65)cc4c3c(C)c12. The van der Waals surface area contributed by atoms with Crippen LogP contribution in [0.2, 0.25) is 0 Å². The normalized spacial score (nSPS) is 12.3. The van der Waals surface area contributed by atoms with E-state index in [9.17, 15) is 0 Å². The second kappa shape index (κ2) is 8.25. The van der Waals surface area contributed by atoms with E-state index >= 15 is 0 Å². The van der Waals surface area contributed by atoms with Gasteiger partial charge in [-0.25, -0.2) is 0 Å². The lowest BCUT2D eigenvalue weighted by atomic mass is 9.95. The molecule has 0 spiro atoms. The molecule has 0 saturated carbocycles. The van der Waals surface area contributed by atoms with Gasteiger partial charge in [-0.2, -0.15) is 0 Å². The molecular weight excluding hydrogens is 490 g/mol. The number of fused-ring (bicyclic) bond motifs is 9. The number of aryl methyl sites for hydroxylation is 5. The van der Waals surface area contributed by atoms with Crippen LogP contribution in [0.3, 0.4) is 0 Å². The van der Waals surface area contributed by atoms with Crippen molar-refractivity contribution in [3.63, 3.8) is 0 Å². The lowest BCUT2D eigenvalue weighted by Gasteiger charge is -2.12. The third-order valence-electron chi connectivity index (χ3n) is 8.92. The van der Waals surface area contributed by atoms with Gasteiger partial charge in [-0.3, -0.25) is 0 Å². The lowest BCUT2D eigenvalue weighted by molar-refractivity contribution is 0.650. The largest absolute Gasteiger partial charge is 0.456 e. The van der Waals surface area contributed by atoms with Crippen molar-refractivity contribution in [2.75, 3.05) is 0 Å². The van der Waals surface area contributed by atoms with E-state index in [2.05, 4.69) is 112 Å². The van der Waals surface area contributed by atoms with Gasteiger partial charge in [-0.05, 0) is 92.8 Å². The Morgan fingerprint density at radius 3 is 1.75 bits per heavy atom. The maximum atomic E-state index is 6.61. The maximum absolute atomic E-state index is 6.61. The van der Waals surface area contributed by atoms with Gasteiger partial charge in [-0.15, -0.1) is 0 Å². The predicted molar refractivity (Wildman–Crippen MR) is 168 cm³/mol. The molecule has 0 aliphatic rings. The number of hydrogen-bond acceptors (Lipinski definition) is 2. The fourth-order valence-electron chi connectivity index (χ4n) is 6.98. The number of para-hydroxylation sites is 2. The highest BCUT2D eigenvalue weighted by Gasteiger charge is 2.23. The average molecular weight is 522 g/mol. The van der Waals surface area contributed by atoms with E-state index in [0.29, 0.717) is 0 Å². The van der Waals surface area contributed by atoms with Gasteiger partial charge < -0.3 is 13.4 Å². The molecule has 0 atom stereocenters. The Morgan fingerprint density at radius 1 is 0.600 bits per heavy atom. The first-order valence-corrected chi connectivity index (χ1v) is 14.3. The Kier molecular flexibility index (Phi) is 4.83. The summed E-state index contributed by atoms with van der Waals surface area (Å²) in [6, 6.07) is 26.5.